The Labute approximate surface area is 179 Å². The maximum atomic E-state index is 10.3. The predicted molar refractivity (Wildman–Crippen MR) is 120 cm³/mol. The van der Waals surface area contributed by atoms with Gasteiger partial charge in [-0.1, -0.05) is 81.4 Å². The van der Waals surface area contributed by atoms with Crippen LogP contribution >= 0.6 is 0 Å². The first kappa shape index (κ1) is 21.9. The quantitative estimate of drug-likeness (QED) is 0.393. The number of nitrogens with zero attached hydrogens (tertiary/aromatic N) is 2. The Kier molecular flexibility index (Phi) is 7.13. The van der Waals surface area contributed by atoms with Crippen molar-refractivity contribution in [1.29, 1.82) is 0 Å². The normalized spacial score (nSPS) is 11.8. The molecule has 0 aliphatic heterocycles. The van der Waals surface area contributed by atoms with E-state index in [0.717, 1.165) is 5.56 Å². The van der Waals surface area contributed by atoms with Gasteiger partial charge in [0.2, 0.25) is 0 Å². The highest BCUT2D eigenvalue weighted by molar-refractivity contribution is 6.99. The van der Waals surface area contributed by atoms with Gasteiger partial charge in [-0.25, -0.2) is 9.97 Å². The lowest BCUT2D eigenvalue weighted by atomic mass is 10.2. The summed E-state index contributed by atoms with van der Waals surface area (Å²) in [7, 11) is -2.55. The van der Waals surface area contributed by atoms with Crippen molar-refractivity contribution in [2.45, 2.75) is 38.8 Å². The lowest BCUT2D eigenvalue weighted by molar-refractivity contribution is -0.129. The lowest BCUT2D eigenvalue weighted by Gasteiger charge is -2.43. The van der Waals surface area contributed by atoms with Crippen LogP contribution in [0.5, 0.6) is 0 Å². The molecule has 6 heteroatoms. The number of hydrogen-bond donors (Lipinski definition) is 0. The number of benzene rings is 2. The van der Waals surface area contributed by atoms with Gasteiger partial charge >= 0.3 is 0 Å². The smallest absolute Gasteiger partial charge is 0.293 e. The maximum absolute atomic E-state index is 10.3. The minimum absolute atomic E-state index is 0.0629. The minimum atomic E-state index is -2.55. The van der Waals surface area contributed by atoms with Crippen LogP contribution in [0.15, 0.2) is 73.1 Å². The van der Waals surface area contributed by atoms with Gasteiger partial charge in [0.05, 0.1) is 0 Å². The van der Waals surface area contributed by atoms with Gasteiger partial charge < -0.3 is 9.16 Å². The first-order chi connectivity index (χ1) is 14.5. The van der Waals surface area contributed by atoms with E-state index in [1.807, 2.05) is 12.1 Å². The first-order valence-electron chi connectivity index (χ1n) is 10.1. The van der Waals surface area contributed by atoms with E-state index in [4.69, 9.17) is 9.16 Å². The Bertz CT molecular complexity index is 887. The number of ether oxygens (including phenoxy) is 1. The Morgan fingerprint density at radius 2 is 1.43 bits per heavy atom. The summed E-state index contributed by atoms with van der Waals surface area (Å²) in [4.78, 5) is 19.1. The lowest BCUT2D eigenvalue weighted by Crippen LogP contribution is -2.66. The molecule has 0 radical (unpaired) electrons. The molecule has 2 aromatic carbocycles. The zero-order chi connectivity index (χ0) is 21.5. The molecule has 0 amide bonds. The molecule has 5 nitrogen and oxygen atoms in total. The molecule has 0 aliphatic carbocycles. The molecule has 0 spiro atoms. The van der Waals surface area contributed by atoms with Crippen LogP contribution in [0.1, 0.15) is 32.2 Å². The highest BCUT2D eigenvalue weighted by Crippen LogP contribution is 2.36. The van der Waals surface area contributed by atoms with E-state index in [9.17, 15) is 4.79 Å². The van der Waals surface area contributed by atoms with Crippen molar-refractivity contribution in [2.75, 3.05) is 6.61 Å². The summed E-state index contributed by atoms with van der Waals surface area (Å²) in [5.41, 5.74) is 0.763. The third-order valence-corrected chi connectivity index (χ3v) is 10.2. The molecular weight excluding hydrogens is 392 g/mol. The molecule has 0 fully saturated rings. The second-order valence-electron chi connectivity index (χ2n) is 8.18. The summed E-state index contributed by atoms with van der Waals surface area (Å²) in [5.74, 6) is 0.711. The number of carbonyl (C=O) groups excluding carboxylic acids is 1. The minimum Gasteiger partial charge on any atom is -0.463 e. The van der Waals surface area contributed by atoms with Gasteiger partial charge in [-0.2, -0.15) is 0 Å². The van der Waals surface area contributed by atoms with Crippen LogP contribution in [0.25, 0.3) is 0 Å². The average molecular weight is 421 g/mol. The highest BCUT2D eigenvalue weighted by Gasteiger charge is 2.49. The topological polar surface area (TPSA) is 61.3 Å². The number of carbonyl (C=O) groups is 1. The average Bonchev–Trinajstić information content (AvgIpc) is 2.76. The number of aromatic nitrogens is 2. The molecule has 0 bridgehead atoms. The monoisotopic (exact) mass is 420 g/mol. The zero-order valence-electron chi connectivity index (χ0n) is 17.7. The van der Waals surface area contributed by atoms with Crippen molar-refractivity contribution in [3.63, 3.8) is 0 Å². The van der Waals surface area contributed by atoms with Crippen molar-refractivity contribution in [3.05, 3.63) is 84.4 Å². The van der Waals surface area contributed by atoms with Crippen LogP contribution in [-0.2, 0) is 27.0 Å². The van der Waals surface area contributed by atoms with Crippen LogP contribution in [0, 0.1) is 0 Å². The summed E-state index contributed by atoms with van der Waals surface area (Å²) >= 11 is 0. The van der Waals surface area contributed by atoms with E-state index in [2.05, 4.69) is 79.3 Å². The Morgan fingerprint density at radius 3 is 1.90 bits per heavy atom. The molecule has 3 aromatic rings. The maximum Gasteiger partial charge on any atom is 0.293 e. The summed E-state index contributed by atoms with van der Waals surface area (Å²) in [6, 6.07) is 21.1. The number of hydrogen-bond acceptors (Lipinski definition) is 5. The molecule has 1 heterocycles. The Morgan fingerprint density at radius 1 is 0.900 bits per heavy atom. The van der Waals surface area contributed by atoms with E-state index >= 15 is 0 Å². The van der Waals surface area contributed by atoms with E-state index in [0.29, 0.717) is 25.3 Å². The van der Waals surface area contributed by atoms with Gasteiger partial charge in [-0.15, -0.1) is 0 Å². The van der Waals surface area contributed by atoms with Crippen LogP contribution in [0.2, 0.25) is 5.04 Å². The SMILES string of the molecule is CC(C)(C)[Si](OCCc1ncc(COC=O)cn1)(c1ccccc1)c1ccccc1. The van der Waals surface area contributed by atoms with Gasteiger partial charge in [0.25, 0.3) is 14.8 Å². The zero-order valence-corrected chi connectivity index (χ0v) is 18.7. The molecule has 0 saturated heterocycles. The van der Waals surface area contributed by atoms with Crippen LogP contribution in [-0.4, -0.2) is 31.4 Å². The highest BCUT2D eigenvalue weighted by atomic mass is 28.4. The van der Waals surface area contributed by atoms with Gasteiger partial charge in [0.1, 0.15) is 12.4 Å². The first-order valence-corrected chi connectivity index (χ1v) is 12.0. The molecule has 0 unspecified atom stereocenters. The second kappa shape index (κ2) is 9.78. The van der Waals surface area contributed by atoms with E-state index < -0.39 is 8.32 Å². The fraction of sp³-hybridized carbons (Fsp3) is 0.292. The second-order valence-corrected chi connectivity index (χ2v) is 12.5. The van der Waals surface area contributed by atoms with Crippen molar-refractivity contribution < 1.29 is 14.0 Å². The van der Waals surface area contributed by atoms with Crippen LogP contribution < -0.4 is 10.4 Å². The summed E-state index contributed by atoms with van der Waals surface area (Å²) < 4.78 is 11.6. The standard InChI is InChI=1S/C24H28N2O3Si/c1-24(2,3)30(21-10-6-4-7-11-21,22-12-8-5-9-13-22)29-15-14-23-25-16-20(17-26-23)18-28-19-27/h4-13,16-17,19H,14-15,18H2,1-3H3. The van der Waals surface area contributed by atoms with Crippen molar-refractivity contribution in [2.24, 2.45) is 0 Å². The third-order valence-electron chi connectivity index (χ3n) is 5.14. The van der Waals surface area contributed by atoms with Crippen molar-refractivity contribution in [3.8, 4) is 0 Å². The Balaban J connectivity index is 1.85. The van der Waals surface area contributed by atoms with Gasteiger partial charge in [0.15, 0.2) is 0 Å². The van der Waals surface area contributed by atoms with Gasteiger partial charge in [0, 0.05) is 31.0 Å². The van der Waals surface area contributed by atoms with Gasteiger partial charge in [-0.05, 0) is 15.4 Å². The van der Waals surface area contributed by atoms with Crippen molar-refractivity contribution >= 4 is 25.2 Å². The fourth-order valence-corrected chi connectivity index (χ4v) is 8.34. The predicted octanol–water partition coefficient (Wildman–Crippen LogP) is 3.27. The molecular formula is C24H28N2O3Si. The molecule has 3 rings (SSSR count). The number of rotatable bonds is 9. The summed E-state index contributed by atoms with van der Waals surface area (Å²) in [5, 5.41) is 2.45. The van der Waals surface area contributed by atoms with Crippen molar-refractivity contribution in [1.82, 2.24) is 9.97 Å². The van der Waals surface area contributed by atoms with Crippen LogP contribution in [0.3, 0.4) is 0 Å². The molecule has 0 atom stereocenters. The largest absolute Gasteiger partial charge is 0.463 e. The molecule has 1 aromatic heterocycles. The van der Waals surface area contributed by atoms with E-state index in [-0.39, 0.29) is 11.6 Å². The summed E-state index contributed by atoms with van der Waals surface area (Å²) in [6.07, 6.45) is 3.99. The third kappa shape index (κ3) is 4.83. The van der Waals surface area contributed by atoms with E-state index in [1.165, 1.54) is 10.4 Å². The fourth-order valence-electron chi connectivity index (χ4n) is 3.77. The molecule has 156 valence electrons. The molecule has 30 heavy (non-hydrogen) atoms. The Hall–Kier alpha value is -2.83. The molecule has 0 saturated carbocycles. The molecule has 0 N–H and O–H groups in total. The molecule has 0 aliphatic rings. The summed E-state index contributed by atoms with van der Waals surface area (Å²) in [6.45, 7) is 7.91. The van der Waals surface area contributed by atoms with Gasteiger partial charge in [-0.3, -0.25) is 4.79 Å². The van der Waals surface area contributed by atoms with E-state index in [1.54, 1.807) is 12.4 Å². The van der Waals surface area contributed by atoms with Crippen LogP contribution in [0.4, 0.5) is 0 Å².